The topological polar surface area (TPSA) is 65.9 Å². The molecule has 0 aliphatic carbocycles. The number of hydrogen-bond acceptors (Lipinski definition) is 5. The van der Waals surface area contributed by atoms with E-state index in [1.54, 1.807) is 49.4 Å². The first-order chi connectivity index (χ1) is 18.1. The van der Waals surface area contributed by atoms with Crippen LogP contribution in [0.3, 0.4) is 0 Å². The minimum absolute atomic E-state index is 0.0429. The van der Waals surface area contributed by atoms with Gasteiger partial charge in [-0.25, -0.2) is 4.39 Å². The molecule has 1 fully saturated rings. The highest BCUT2D eigenvalue weighted by molar-refractivity contribution is 6.30. The number of amides is 1. The third-order valence-corrected chi connectivity index (χ3v) is 8.50. The second-order valence-corrected chi connectivity index (χ2v) is 11.2. The van der Waals surface area contributed by atoms with E-state index >= 15 is 4.39 Å². The average molecular weight is 558 g/mol. The SMILES string of the molecule is CO[C@]1(c2ccc(Cl)cc2)c2c(F)cc(C(C)(O)C3CCN(C)CC3)cc2C(=O)N1Cc1ccc(Cl)cn1. The van der Waals surface area contributed by atoms with Gasteiger partial charge in [-0.1, -0.05) is 35.3 Å². The standard InChI is InChI=1S/C29H30Cl2FN3O3/c1-28(37,18-10-12-34(2)13-11-18)20-14-24-26(25(32)15-20)29(38-3,19-4-6-21(30)7-5-19)35(27(24)36)17-23-9-8-22(31)16-33-23/h4-9,14-16,18,37H,10-13,17H2,1-3H3/t28?,29-/m1/s1. The Kier molecular flexibility index (Phi) is 7.26. The highest BCUT2D eigenvalue weighted by Crippen LogP contribution is 2.49. The van der Waals surface area contributed by atoms with Crippen molar-refractivity contribution in [3.63, 3.8) is 0 Å². The first-order valence-corrected chi connectivity index (χ1v) is 13.3. The molecule has 2 aliphatic rings. The third-order valence-electron chi connectivity index (χ3n) is 8.02. The molecule has 0 spiro atoms. The van der Waals surface area contributed by atoms with Crippen molar-refractivity contribution in [1.82, 2.24) is 14.8 Å². The quantitative estimate of drug-likeness (QED) is 0.428. The number of halogens is 3. The molecule has 1 amide bonds. The van der Waals surface area contributed by atoms with Crippen LogP contribution in [0.1, 0.15) is 52.5 Å². The summed E-state index contributed by atoms with van der Waals surface area (Å²) in [5.41, 5.74) is -1.14. The van der Waals surface area contributed by atoms with Gasteiger partial charge in [0.05, 0.1) is 34.0 Å². The van der Waals surface area contributed by atoms with E-state index in [-0.39, 0.29) is 23.6 Å². The van der Waals surface area contributed by atoms with Crippen molar-refractivity contribution in [3.8, 4) is 0 Å². The molecule has 9 heteroatoms. The molecule has 2 atom stereocenters. The number of piperidine rings is 1. The van der Waals surface area contributed by atoms with E-state index in [0.717, 1.165) is 25.9 Å². The first kappa shape index (κ1) is 27.0. The van der Waals surface area contributed by atoms with Crippen LogP contribution >= 0.6 is 23.2 Å². The highest BCUT2D eigenvalue weighted by atomic mass is 35.5. The number of aliphatic hydroxyl groups is 1. The van der Waals surface area contributed by atoms with Crippen molar-refractivity contribution >= 4 is 29.1 Å². The molecular formula is C29H30Cl2FN3O3. The van der Waals surface area contributed by atoms with Gasteiger partial charge in [-0.05, 0) is 87.8 Å². The lowest BCUT2D eigenvalue weighted by Crippen LogP contribution is -2.46. The van der Waals surface area contributed by atoms with Gasteiger partial charge in [-0.15, -0.1) is 0 Å². The molecule has 1 unspecified atom stereocenters. The summed E-state index contributed by atoms with van der Waals surface area (Å²) in [6.07, 6.45) is 3.05. The van der Waals surface area contributed by atoms with E-state index in [0.29, 0.717) is 26.9 Å². The number of hydrogen-bond donors (Lipinski definition) is 1. The number of nitrogens with zero attached hydrogens (tertiary/aromatic N) is 3. The average Bonchev–Trinajstić information content (AvgIpc) is 3.14. The van der Waals surface area contributed by atoms with E-state index < -0.39 is 23.1 Å². The number of benzene rings is 2. The maximum Gasteiger partial charge on any atom is 0.257 e. The minimum Gasteiger partial charge on any atom is -0.385 e. The van der Waals surface area contributed by atoms with Crippen molar-refractivity contribution in [2.75, 3.05) is 27.2 Å². The van der Waals surface area contributed by atoms with Gasteiger partial charge in [0.2, 0.25) is 0 Å². The predicted molar refractivity (Wildman–Crippen MR) is 145 cm³/mol. The van der Waals surface area contributed by atoms with Gasteiger partial charge in [-0.2, -0.15) is 0 Å². The lowest BCUT2D eigenvalue weighted by Gasteiger charge is -2.39. The molecule has 6 nitrogen and oxygen atoms in total. The largest absolute Gasteiger partial charge is 0.385 e. The Labute approximate surface area is 231 Å². The van der Waals surface area contributed by atoms with Crippen molar-refractivity contribution in [3.05, 3.63) is 98.5 Å². The van der Waals surface area contributed by atoms with E-state index in [2.05, 4.69) is 9.88 Å². The smallest absolute Gasteiger partial charge is 0.257 e. The van der Waals surface area contributed by atoms with Gasteiger partial charge in [0.25, 0.3) is 5.91 Å². The second-order valence-electron chi connectivity index (χ2n) is 10.3. The third kappa shape index (κ3) is 4.50. The van der Waals surface area contributed by atoms with Crippen LogP contribution in [0.15, 0.2) is 54.7 Å². The van der Waals surface area contributed by atoms with E-state index in [1.165, 1.54) is 24.3 Å². The number of carbonyl (C=O) groups excluding carboxylic acids is 1. The fraction of sp³-hybridized carbons (Fsp3) is 0.379. The molecule has 1 N–H and O–H groups in total. The monoisotopic (exact) mass is 557 g/mol. The normalized spacial score (nSPS) is 22.0. The maximum absolute atomic E-state index is 16.3. The van der Waals surface area contributed by atoms with Gasteiger partial charge in [0.1, 0.15) is 5.82 Å². The minimum atomic E-state index is -1.57. The van der Waals surface area contributed by atoms with Crippen LogP contribution in [0.2, 0.25) is 10.0 Å². The predicted octanol–water partition coefficient (Wildman–Crippen LogP) is 5.58. The van der Waals surface area contributed by atoms with E-state index in [4.69, 9.17) is 27.9 Å². The molecule has 3 heterocycles. The summed E-state index contributed by atoms with van der Waals surface area (Å²) in [5, 5.41) is 12.6. The number of aromatic nitrogens is 1. The molecule has 5 rings (SSSR count). The molecule has 38 heavy (non-hydrogen) atoms. The van der Waals surface area contributed by atoms with Crippen molar-refractivity contribution in [2.24, 2.45) is 5.92 Å². The maximum atomic E-state index is 16.3. The van der Waals surface area contributed by atoms with E-state index in [9.17, 15) is 9.90 Å². The number of carbonyl (C=O) groups is 1. The molecule has 2 aliphatic heterocycles. The molecule has 200 valence electrons. The number of pyridine rings is 1. The molecular weight excluding hydrogens is 528 g/mol. The van der Waals surface area contributed by atoms with Crippen molar-refractivity contribution < 1.29 is 19.0 Å². The van der Waals surface area contributed by atoms with Crippen LogP contribution in [0.25, 0.3) is 0 Å². The number of ether oxygens (including phenoxy) is 1. The Balaban J connectivity index is 1.65. The Morgan fingerprint density at radius 1 is 1.13 bits per heavy atom. The van der Waals surface area contributed by atoms with Crippen LogP contribution in [-0.2, 0) is 22.6 Å². The summed E-state index contributed by atoms with van der Waals surface area (Å²) in [6.45, 7) is 3.44. The lowest BCUT2D eigenvalue weighted by atomic mass is 9.76. The Hall–Kier alpha value is -2.55. The number of fused-ring (bicyclic) bond motifs is 1. The lowest BCUT2D eigenvalue weighted by molar-refractivity contribution is -0.0886. The van der Waals surface area contributed by atoms with Crippen LogP contribution in [0.5, 0.6) is 0 Å². The highest BCUT2D eigenvalue weighted by Gasteiger charge is 2.54. The summed E-state index contributed by atoms with van der Waals surface area (Å²) in [7, 11) is 3.49. The number of likely N-dealkylation sites (tertiary alicyclic amines) is 1. The van der Waals surface area contributed by atoms with Gasteiger partial charge in [0, 0.05) is 23.9 Å². The Bertz CT molecular complexity index is 1340. The van der Waals surface area contributed by atoms with E-state index in [1.807, 2.05) is 7.05 Å². The van der Waals surface area contributed by atoms with Gasteiger partial charge >= 0.3 is 0 Å². The number of rotatable bonds is 6. The molecule has 0 radical (unpaired) electrons. The zero-order chi connectivity index (χ0) is 27.2. The molecule has 1 aromatic heterocycles. The number of methoxy groups -OCH3 is 1. The van der Waals surface area contributed by atoms with Crippen LogP contribution in [0, 0.1) is 11.7 Å². The fourth-order valence-electron chi connectivity index (χ4n) is 5.79. The summed E-state index contributed by atoms with van der Waals surface area (Å²) in [4.78, 5) is 22.1. The molecule has 0 bridgehead atoms. The summed E-state index contributed by atoms with van der Waals surface area (Å²) >= 11 is 12.2. The van der Waals surface area contributed by atoms with Gasteiger partial charge in [0.15, 0.2) is 5.72 Å². The fourth-order valence-corrected chi connectivity index (χ4v) is 6.03. The molecule has 3 aromatic rings. The van der Waals surface area contributed by atoms with Crippen molar-refractivity contribution in [2.45, 2.75) is 37.6 Å². The van der Waals surface area contributed by atoms with Gasteiger partial charge in [-0.3, -0.25) is 14.7 Å². The summed E-state index contributed by atoms with van der Waals surface area (Å²) in [5.74, 6) is -1.11. The zero-order valence-corrected chi connectivity index (χ0v) is 23.1. The Morgan fingerprint density at radius 2 is 1.79 bits per heavy atom. The van der Waals surface area contributed by atoms with Crippen LogP contribution in [0.4, 0.5) is 4.39 Å². The Morgan fingerprint density at radius 3 is 2.39 bits per heavy atom. The molecule has 2 aromatic carbocycles. The molecule has 0 saturated carbocycles. The molecule has 1 saturated heterocycles. The van der Waals surface area contributed by atoms with Crippen LogP contribution in [-0.4, -0.2) is 53.0 Å². The second kappa shape index (κ2) is 10.2. The first-order valence-electron chi connectivity index (χ1n) is 12.6. The summed E-state index contributed by atoms with van der Waals surface area (Å²) < 4.78 is 22.3. The van der Waals surface area contributed by atoms with Gasteiger partial charge < -0.3 is 14.7 Å². The van der Waals surface area contributed by atoms with Crippen molar-refractivity contribution in [1.29, 1.82) is 0 Å². The zero-order valence-electron chi connectivity index (χ0n) is 21.5. The van der Waals surface area contributed by atoms with Crippen LogP contribution < -0.4 is 0 Å². The summed E-state index contributed by atoms with van der Waals surface area (Å²) in [6, 6.07) is 13.2.